The molecule has 2 heterocycles. The van der Waals surface area contributed by atoms with Gasteiger partial charge in [0.2, 0.25) is 0 Å². The van der Waals surface area contributed by atoms with Crippen molar-refractivity contribution in [3.8, 4) is 5.75 Å². The number of amides is 3. The van der Waals surface area contributed by atoms with E-state index in [2.05, 4.69) is 17.1 Å². The quantitative estimate of drug-likeness (QED) is 0.738. The number of carbonyl (C=O) groups excluding carboxylic acids is 2. The summed E-state index contributed by atoms with van der Waals surface area (Å²) >= 11 is 0. The van der Waals surface area contributed by atoms with Crippen LogP contribution in [-0.4, -0.2) is 66.2 Å². The van der Waals surface area contributed by atoms with Crippen LogP contribution in [0.4, 0.5) is 4.79 Å². The topological polar surface area (TPSA) is 82.1 Å². The zero-order valence-corrected chi connectivity index (χ0v) is 16.3. The Morgan fingerprint density at radius 2 is 2.00 bits per heavy atom. The van der Waals surface area contributed by atoms with Crippen molar-refractivity contribution in [1.82, 2.24) is 15.1 Å². The minimum absolute atomic E-state index is 0.00369. The summed E-state index contributed by atoms with van der Waals surface area (Å²) in [6.45, 7) is 6.27. The van der Waals surface area contributed by atoms with E-state index in [1.165, 1.54) is 0 Å². The lowest BCUT2D eigenvalue weighted by Gasteiger charge is -2.32. The lowest BCUT2D eigenvalue weighted by Crippen LogP contribution is -2.45. The van der Waals surface area contributed by atoms with Crippen LogP contribution in [0.3, 0.4) is 0 Å². The number of likely N-dealkylation sites (tertiary alicyclic amines) is 1. The minimum atomic E-state index is -1.16. The molecule has 148 valence electrons. The fraction of sp³-hybridized carbons (Fsp3) is 0.600. The Balaban J connectivity index is 1.66. The van der Waals surface area contributed by atoms with Crippen LogP contribution in [0.25, 0.3) is 0 Å². The maximum Gasteiger partial charge on any atom is 0.325 e. The van der Waals surface area contributed by atoms with Crippen LogP contribution in [-0.2, 0) is 10.3 Å². The molecule has 1 aromatic rings. The van der Waals surface area contributed by atoms with E-state index < -0.39 is 17.7 Å². The number of ether oxygens (including phenoxy) is 1. The molecule has 2 fully saturated rings. The Morgan fingerprint density at radius 3 is 2.67 bits per heavy atom. The van der Waals surface area contributed by atoms with Crippen LogP contribution < -0.4 is 10.1 Å². The largest absolute Gasteiger partial charge is 0.497 e. The fourth-order valence-electron chi connectivity index (χ4n) is 3.80. The molecule has 2 N–H and O–H groups in total. The maximum absolute atomic E-state index is 13.0. The van der Waals surface area contributed by atoms with Crippen molar-refractivity contribution in [3.63, 3.8) is 0 Å². The fourth-order valence-corrected chi connectivity index (χ4v) is 3.80. The van der Waals surface area contributed by atoms with Gasteiger partial charge in [0.15, 0.2) is 0 Å². The molecular formula is C20H29N3O4. The van der Waals surface area contributed by atoms with E-state index in [9.17, 15) is 14.7 Å². The number of rotatable bonds is 6. The zero-order valence-electron chi connectivity index (χ0n) is 16.3. The molecule has 3 rings (SSSR count). The number of urea groups is 1. The van der Waals surface area contributed by atoms with Crippen LogP contribution in [0.5, 0.6) is 5.75 Å². The van der Waals surface area contributed by atoms with E-state index in [0.29, 0.717) is 23.8 Å². The standard InChI is InChI=1S/C20H29N3O4/c1-14-7-9-22(10-8-14)12-16(24)13-23-18(25)20(2,21-19(23)26)15-5-4-6-17(11-15)27-3/h4-6,11,14,16,24H,7-10,12-13H2,1-3H3,(H,21,26)/t16-,20-/m0/s1. The molecule has 27 heavy (non-hydrogen) atoms. The summed E-state index contributed by atoms with van der Waals surface area (Å²) in [5.41, 5.74) is -0.506. The number of methoxy groups -OCH3 is 1. The summed E-state index contributed by atoms with van der Waals surface area (Å²) < 4.78 is 5.22. The predicted molar refractivity (Wildman–Crippen MR) is 101 cm³/mol. The molecule has 0 radical (unpaired) electrons. The number of aliphatic hydroxyl groups excluding tert-OH is 1. The second-order valence-corrected chi connectivity index (χ2v) is 7.84. The average Bonchev–Trinajstić information content (AvgIpc) is 2.88. The van der Waals surface area contributed by atoms with Crippen molar-refractivity contribution >= 4 is 11.9 Å². The zero-order chi connectivity index (χ0) is 19.6. The van der Waals surface area contributed by atoms with E-state index in [4.69, 9.17) is 4.74 Å². The summed E-state index contributed by atoms with van der Waals surface area (Å²) in [6.07, 6.45) is 1.47. The first-order chi connectivity index (χ1) is 12.8. The highest BCUT2D eigenvalue weighted by Crippen LogP contribution is 2.31. The molecule has 2 aliphatic rings. The number of piperidine rings is 1. The molecule has 0 spiro atoms. The molecule has 0 saturated carbocycles. The molecule has 7 heteroatoms. The third-order valence-corrected chi connectivity index (χ3v) is 5.66. The van der Waals surface area contributed by atoms with Crippen molar-refractivity contribution in [1.29, 1.82) is 0 Å². The average molecular weight is 375 g/mol. The molecule has 2 atom stereocenters. The lowest BCUT2D eigenvalue weighted by molar-refractivity contribution is -0.132. The number of β-amino-alcohol motifs (C(OH)–C–C–N with tert-alkyl or cyclic N) is 1. The van der Waals surface area contributed by atoms with E-state index in [1.54, 1.807) is 38.3 Å². The molecule has 7 nitrogen and oxygen atoms in total. The molecule has 0 aliphatic carbocycles. The van der Waals surface area contributed by atoms with Gasteiger partial charge in [0, 0.05) is 6.54 Å². The number of aliphatic hydroxyl groups is 1. The van der Waals surface area contributed by atoms with Crippen molar-refractivity contribution in [2.75, 3.05) is 33.3 Å². The second-order valence-electron chi connectivity index (χ2n) is 7.84. The third-order valence-electron chi connectivity index (χ3n) is 5.66. The second kappa shape index (κ2) is 7.86. The molecule has 0 unspecified atom stereocenters. The minimum Gasteiger partial charge on any atom is -0.497 e. The van der Waals surface area contributed by atoms with E-state index in [1.807, 2.05) is 0 Å². The summed E-state index contributed by atoms with van der Waals surface area (Å²) in [4.78, 5) is 28.7. The molecule has 3 amide bonds. The number of hydrogen-bond donors (Lipinski definition) is 2. The third kappa shape index (κ3) is 4.09. The van der Waals surface area contributed by atoms with Gasteiger partial charge in [-0.1, -0.05) is 19.1 Å². The Kier molecular flexibility index (Phi) is 5.72. The highest BCUT2D eigenvalue weighted by molar-refractivity contribution is 6.07. The summed E-state index contributed by atoms with van der Waals surface area (Å²) in [6, 6.07) is 6.63. The van der Waals surface area contributed by atoms with Gasteiger partial charge in [-0.25, -0.2) is 4.79 Å². The van der Waals surface area contributed by atoms with Crippen LogP contribution in [0.1, 0.15) is 32.3 Å². The van der Waals surface area contributed by atoms with Crippen LogP contribution in [0.15, 0.2) is 24.3 Å². The summed E-state index contributed by atoms with van der Waals surface area (Å²) in [5.74, 6) is 0.980. The summed E-state index contributed by atoms with van der Waals surface area (Å²) in [5, 5.41) is 13.2. The van der Waals surface area contributed by atoms with Crippen LogP contribution in [0, 0.1) is 5.92 Å². The van der Waals surface area contributed by atoms with Gasteiger partial charge in [-0.3, -0.25) is 9.69 Å². The van der Waals surface area contributed by atoms with Crippen molar-refractivity contribution < 1.29 is 19.4 Å². The van der Waals surface area contributed by atoms with Crippen LogP contribution >= 0.6 is 0 Å². The Bertz CT molecular complexity index is 702. The predicted octanol–water partition coefficient (Wildman–Crippen LogP) is 1.55. The van der Waals surface area contributed by atoms with E-state index in [-0.39, 0.29) is 12.5 Å². The van der Waals surface area contributed by atoms with Crippen molar-refractivity contribution in [2.45, 2.75) is 38.3 Å². The Morgan fingerprint density at radius 1 is 1.30 bits per heavy atom. The van der Waals surface area contributed by atoms with Gasteiger partial charge >= 0.3 is 6.03 Å². The van der Waals surface area contributed by atoms with Crippen molar-refractivity contribution in [3.05, 3.63) is 29.8 Å². The number of nitrogens with zero attached hydrogens (tertiary/aromatic N) is 2. The van der Waals surface area contributed by atoms with Gasteiger partial charge in [-0.05, 0) is 56.5 Å². The first kappa shape index (κ1) is 19.6. The normalized spacial score (nSPS) is 25.6. The smallest absolute Gasteiger partial charge is 0.325 e. The monoisotopic (exact) mass is 375 g/mol. The molecular weight excluding hydrogens is 346 g/mol. The van der Waals surface area contributed by atoms with Gasteiger partial charge in [0.1, 0.15) is 11.3 Å². The number of carbonyl (C=O) groups is 2. The molecule has 2 saturated heterocycles. The first-order valence-electron chi connectivity index (χ1n) is 9.52. The number of benzene rings is 1. The van der Waals surface area contributed by atoms with Gasteiger partial charge < -0.3 is 20.1 Å². The molecule has 0 aromatic heterocycles. The maximum atomic E-state index is 13.0. The number of hydrogen-bond acceptors (Lipinski definition) is 5. The first-order valence-corrected chi connectivity index (χ1v) is 9.52. The molecule has 1 aromatic carbocycles. The number of imide groups is 1. The van der Waals surface area contributed by atoms with Crippen LogP contribution in [0.2, 0.25) is 0 Å². The summed E-state index contributed by atoms with van der Waals surface area (Å²) in [7, 11) is 1.56. The molecule has 2 aliphatic heterocycles. The van der Waals surface area contributed by atoms with Gasteiger partial charge in [0.05, 0.1) is 19.8 Å². The van der Waals surface area contributed by atoms with Crippen molar-refractivity contribution in [2.24, 2.45) is 5.92 Å². The highest BCUT2D eigenvalue weighted by Gasteiger charge is 2.49. The van der Waals surface area contributed by atoms with Gasteiger partial charge in [-0.2, -0.15) is 0 Å². The van der Waals surface area contributed by atoms with E-state index in [0.717, 1.165) is 30.8 Å². The lowest BCUT2D eigenvalue weighted by atomic mass is 9.92. The Hall–Kier alpha value is -2.12. The molecule has 0 bridgehead atoms. The van der Waals surface area contributed by atoms with Gasteiger partial charge in [-0.15, -0.1) is 0 Å². The highest BCUT2D eigenvalue weighted by atomic mass is 16.5. The number of nitrogens with one attached hydrogen (secondary N) is 1. The SMILES string of the molecule is COc1cccc([C@]2(C)NC(=O)N(C[C@@H](O)CN3CCC(C)CC3)C2=O)c1. The Labute approximate surface area is 160 Å². The van der Waals surface area contributed by atoms with E-state index >= 15 is 0 Å². The van der Waals surface area contributed by atoms with Gasteiger partial charge in [0.25, 0.3) is 5.91 Å².